The highest BCUT2D eigenvalue weighted by atomic mass is 19.1. The van der Waals surface area contributed by atoms with E-state index in [-0.39, 0.29) is 5.82 Å². The normalized spacial score (nSPS) is 14.0. The number of anilines is 3. The van der Waals surface area contributed by atoms with Crippen LogP contribution in [0.2, 0.25) is 0 Å². The minimum absolute atomic E-state index is 0.278. The fraction of sp³-hybridized carbons (Fsp3) is 0.312. The number of ether oxygens (including phenoxy) is 1. The van der Waals surface area contributed by atoms with Gasteiger partial charge in [-0.15, -0.1) is 0 Å². The van der Waals surface area contributed by atoms with E-state index in [1.54, 1.807) is 23.1 Å². The van der Waals surface area contributed by atoms with Crippen LogP contribution in [0.3, 0.4) is 0 Å². The van der Waals surface area contributed by atoms with E-state index in [0.29, 0.717) is 29.9 Å². The second kappa shape index (κ2) is 5.60. The van der Waals surface area contributed by atoms with Gasteiger partial charge in [0.1, 0.15) is 11.6 Å². The highest BCUT2D eigenvalue weighted by Crippen LogP contribution is 2.32. The van der Waals surface area contributed by atoms with Gasteiger partial charge in [-0.1, -0.05) is 6.07 Å². The van der Waals surface area contributed by atoms with E-state index in [9.17, 15) is 4.39 Å². The zero-order valence-corrected chi connectivity index (χ0v) is 11.9. The molecule has 1 aliphatic rings. The molecule has 1 aromatic heterocycles. The van der Waals surface area contributed by atoms with Crippen molar-refractivity contribution in [2.45, 2.75) is 12.8 Å². The van der Waals surface area contributed by atoms with Gasteiger partial charge >= 0.3 is 0 Å². The van der Waals surface area contributed by atoms with Crippen LogP contribution < -0.4 is 15.4 Å². The molecule has 1 heterocycles. The van der Waals surface area contributed by atoms with E-state index in [1.807, 2.05) is 13.1 Å². The monoisotopic (exact) mass is 287 g/mol. The lowest BCUT2D eigenvalue weighted by molar-refractivity contribution is 0.290. The van der Waals surface area contributed by atoms with E-state index in [4.69, 9.17) is 10.5 Å². The first-order valence-electron chi connectivity index (χ1n) is 7.02. The Labute approximate surface area is 123 Å². The van der Waals surface area contributed by atoms with Crippen LogP contribution in [-0.4, -0.2) is 18.6 Å². The van der Waals surface area contributed by atoms with Crippen LogP contribution in [0.4, 0.5) is 21.6 Å². The molecule has 0 radical (unpaired) electrons. The second-order valence-electron chi connectivity index (χ2n) is 5.36. The van der Waals surface area contributed by atoms with Crippen molar-refractivity contribution in [1.29, 1.82) is 0 Å². The molecule has 0 bridgehead atoms. The van der Waals surface area contributed by atoms with Crippen molar-refractivity contribution in [3.63, 3.8) is 0 Å². The summed E-state index contributed by atoms with van der Waals surface area (Å²) in [4.78, 5) is 6.23. The maximum Gasteiger partial charge on any atom is 0.239 e. The van der Waals surface area contributed by atoms with Crippen LogP contribution in [0.15, 0.2) is 36.4 Å². The van der Waals surface area contributed by atoms with E-state index in [1.165, 1.54) is 25.0 Å². The Hall–Kier alpha value is -2.30. The van der Waals surface area contributed by atoms with Gasteiger partial charge in [-0.3, -0.25) is 0 Å². The Morgan fingerprint density at radius 3 is 2.86 bits per heavy atom. The van der Waals surface area contributed by atoms with E-state index in [2.05, 4.69) is 4.98 Å². The van der Waals surface area contributed by atoms with Gasteiger partial charge in [-0.2, -0.15) is 4.98 Å². The molecule has 110 valence electrons. The maximum atomic E-state index is 13.3. The number of nitrogens with zero attached hydrogens (tertiary/aromatic N) is 2. The summed E-state index contributed by atoms with van der Waals surface area (Å²) in [6.07, 6.45) is 2.42. The molecule has 4 nitrogen and oxygen atoms in total. The van der Waals surface area contributed by atoms with Crippen LogP contribution >= 0.6 is 0 Å². The topological polar surface area (TPSA) is 51.4 Å². The van der Waals surface area contributed by atoms with Crippen molar-refractivity contribution in [3.05, 3.63) is 42.2 Å². The summed E-state index contributed by atoms with van der Waals surface area (Å²) < 4.78 is 19.0. The molecule has 0 unspecified atom stereocenters. The first-order chi connectivity index (χ1) is 10.1. The third-order valence-corrected chi connectivity index (χ3v) is 3.57. The van der Waals surface area contributed by atoms with Gasteiger partial charge in [-0.25, -0.2) is 4.39 Å². The third kappa shape index (κ3) is 3.24. The Bertz CT molecular complexity index is 643. The minimum Gasteiger partial charge on any atom is -0.476 e. The molecule has 21 heavy (non-hydrogen) atoms. The third-order valence-electron chi connectivity index (χ3n) is 3.57. The summed E-state index contributed by atoms with van der Waals surface area (Å²) in [5, 5.41) is 0. The van der Waals surface area contributed by atoms with Crippen molar-refractivity contribution in [2.75, 3.05) is 24.3 Å². The smallest absolute Gasteiger partial charge is 0.239 e. The average Bonchev–Trinajstić information content (AvgIpc) is 3.30. The van der Waals surface area contributed by atoms with E-state index in [0.717, 1.165) is 5.69 Å². The fourth-order valence-electron chi connectivity index (χ4n) is 2.04. The largest absolute Gasteiger partial charge is 0.476 e. The molecule has 1 fully saturated rings. The lowest BCUT2D eigenvalue weighted by atomic mass is 10.3. The number of hydrogen-bond donors (Lipinski definition) is 1. The minimum atomic E-state index is -0.278. The molecule has 5 heteroatoms. The number of halogens is 1. The Kier molecular flexibility index (Phi) is 3.64. The van der Waals surface area contributed by atoms with Crippen molar-refractivity contribution < 1.29 is 9.13 Å². The second-order valence-corrected chi connectivity index (χ2v) is 5.36. The predicted molar refractivity (Wildman–Crippen MR) is 81.3 cm³/mol. The molecule has 1 aromatic carbocycles. The van der Waals surface area contributed by atoms with Crippen LogP contribution in [-0.2, 0) is 0 Å². The molecule has 0 spiro atoms. The van der Waals surface area contributed by atoms with E-state index < -0.39 is 0 Å². The van der Waals surface area contributed by atoms with Gasteiger partial charge in [0.15, 0.2) is 0 Å². The first kappa shape index (κ1) is 13.7. The molecule has 0 aliphatic heterocycles. The number of hydrogen-bond acceptors (Lipinski definition) is 4. The van der Waals surface area contributed by atoms with Gasteiger partial charge in [0.05, 0.1) is 12.3 Å². The van der Waals surface area contributed by atoms with Gasteiger partial charge in [0.25, 0.3) is 0 Å². The zero-order chi connectivity index (χ0) is 14.8. The Balaban J connectivity index is 1.81. The number of benzene rings is 1. The molecule has 1 aliphatic carbocycles. The van der Waals surface area contributed by atoms with Gasteiger partial charge in [0.2, 0.25) is 5.88 Å². The molecule has 2 N–H and O–H groups in total. The van der Waals surface area contributed by atoms with Crippen molar-refractivity contribution in [1.82, 2.24) is 4.98 Å². The average molecular weight is 287 g/mol. The number of aromatic nitrogens is 1. The summed E-state index contributed by atoms with van der Waals surface area (Å²) in [6, 6.07) is 9.93. The van der Waals surface area contributed by atoms with Crippen LogP contribution in [0.25, 0.3) is 0 Å². The van der Waals surface area contributed by atoms with Gasteiger partial charge in [0, 0.05) is 12.7 Å². The van der Waals surface area contributed by atoms with Crippen LogP contribution in [0.5, 0.6) is 5.88 Å². The van der Waals surface area contributed by atoms with Gasteiger partial charge < -0.3 is 15.4 Å². The summed E-state index contributed by atoms with van der Waals surface area (Å²) in [5.74, 6) is 1.47. The van der Waals surface area contributed by atoms with Crippen LogP contribution in [0.1, 0.15) is 12.8 Å². The molecular formula is C16H18FN3O. The Morgan fingerprint density at radius 2 is 2.14 bits per heavy atom. The Morgan fingerprint density at radius 1 is 1.33 bits per heavy atom. The standard InChI is InChI=1S/C16H18FN3O/c1-20(13-4-2-3-12(17)9-13)15-8-7-14(18)16(19-15)21-10-11-5-6-11/h2-4,7-9,11H,5-6,10,18H2,1H3. The van der Waals surface area contributed by atoms with Crippen molar-refractivity contribution in [2.24, 2.45) is 5.92 Å². The maximum absolute atomic E-state index is 13.3. The van der Waals surface area contributed by atoms with Gasteiger partial charge in [-0.05, 0) is 49.1 Å². The molecule has 2 aromatic rings. The highest BCUT2D eigenvalue weighted by molar-refractivity contribution is 5.62. The number of nitrogens with two attached hydrogens (primary N) is 1. The molecule has 1 saturated carbocycles. The van der Waals surface area contributed by atoms with Crippen LogP contribution in [0, 0.1) is 11.7 Å². The molecule has 3 rings (SSSR count). The SMILES string of the molecule is CN(c1cccc(F)c1)c1ccc(N)c(OCC2CC2)n1. The van der Waals surface area contributed by atoms with Crippen molar-refractivity contribution >= 4 is 17.2 Å². The summed E-state index contributed by atoms with van der Waals surface area (Å²) in [5.41, 5.74) is 7.14. The molecule has 0 atom stereocenters. The summed E-state index contributed by atoms with van der Waals surface area (Å²) in [7, 11) is 1.83. The lowest BCUT2D eigenvalue weighted by Crippen LogP contribution is -2.13. The molecule has 0 saturated heterocycles. The molecular weight excluding hydrogens is 269 g/mol. The first-order valence-corrected chi connectivity index (χ1v) is 7.02. The quantitative estimate of drug-likeness (QED) is 0.916. The fourth-order valence-corrected chi connectivity index (χ4v) is 2.04. The van der Waals surface area contributed by atoms with Crippen molar-refractivity contribution in [3.8, 4) is 5.88 Å². The predicted octanol–water partition coefficient (Wildman–Crippen LogP) is 3.36. The lowest BCUT2D eigenvalue weighted by Gasteiger charge is -2.19. The summed E-state index contributed by atoms with van der Waals surface area (Å²) in [6.45, 7) is 0.657. The zero-order valence-electron chi connectivity index (χ0n) is 11.9. The summed E-state index contributed by atoms with van der Waals surface area (Å²) >= 11 is 0. The van der Waals surface area contributed by atoms with E-state index >= 15 is 0 Å². The molecule has 0 amide bonds. The number of nitrogen functional groups attached to an aromatic ring is 1. The number of rotatable bonds is 5. The number of pyridine rings is 1. The highest BCUT2D eigenvalue weighted by Gasteiger charge is 2.22.